The third-order valence-electron chi connectivity index (χ3n) is 5.29. The van der Waals surface area contributed by atoms with Gasteiger partial charge >= 0.3 is 0 Å². The summed E-state index contributed by atoms with van der Waals surface area (Å²) in [5, 5.41) is 7.82. The van der Waals surface area contributed by atoms with Gasteiger partial charge in [-0.1, -0.05) is 41.9 Å². The minimum Gasteiger partial charge on any atom is -0.495 e. The maximum absolute atomic E-state index is 11.7. The van der Waals surface area contributed by atoms with Gasteiger partial charge in [0.15, 0.2) is 0 Å². The molecular weight excluding hydrogens is 475 g/mol. The van der Waals surface area contributed by atoms with Gasteiger partial charge in [-0.3, -0.25) is 4.79 Å². The van der Waals surface area contributed by atoms with E-state index in [4.69, 9.17) is 32.7 Å². The number of methoxy groups -OCH3 is 2. The van der Waals surface area contributed by atoms with Crippen molar-refractivity contribution in [2.24, 2.45) is 0 Å². The van der Waals surface area contributed by atoms with E-state index in [1.165, 1.54) is 6.08 Å². The van der Waals surface area contributed by atoms with Gasteiger partial charge < -0.3 is 25.1 Å². The molecule has 34 heavy (non-hydrogen) atoms. The minimum atomic E-state index is -0.293. The van der Waals surface area contributed by atoms with Gasteiger partial charge in [-0.05, 0) is 35.9 Å². The number of carbonyl (C=O) groups excluding carboxylic acids is 1. The van der Waals surface area contributed by atoms with Crippen molar-refractivity contribution in [2.45, 2.75) is 6.42 Å². The predicted molar refractivity (Wildman–Crippen MR) is 137 cm³/mol. The number of rotatable bonds is 8. The summed E-state index contributed by atoms with van der Waals surface area (Å²) >= 11 is 13.1. The van der Waals surface area contributed by atoms with Crippen LogP contribution in [0.2, 0.25) is 10.0 Å². The summed E-state index contributed by atoms with van der Waals surface area (Å²) in [6.45, 7) is 3.49. The monoisotopic (exact) mass is 496 g/mol. The van der Waals surface area contributed by atoms with Gasteiger partial charge in [-0.25, -0.2) is 4.98 Å². The molecule has 0 aliphatic carbocycles. The van der Waals surface area contributed by atoms with E-state index in [1.54, 1.807) is 26.4 Å². The van der Waals surface area contributed by atoms with Crippen molar-refractivity contribution in [1.82, 2.24) is 9.97 Å². The molecule has 0 unspecified atom stereocenters. The molecule has 0 atom stereocenters. The van der Waals surface area contributed by atoms with Crippen LogP contribution in [0.5, 0.6) is 11.5 Å². The fraction of sp³-hybridized carbons (Fsp3) is 0.120. The van der Waals surface area contributed by atoms with Crippen molar-refractivity contribution in [3.05, 3.63) is 82.5 Å². The molecule has 0 aliphatic rings. The average molecular weight is 497 g/mol. The molecule has 2 heterocycles. The van der Waals surface area contributed by atoms with Crippen LogP contribution in [0.25, 0.3) is 11.0 Å². The van der Waals surface area contributed by atoms with E-state index in [0.29, 0.717) is 56.4 Å². The molecule has 174 valence electrons. The Morgan fingerprint density at radius 2 is 1.76 bits per heavy atom. The molecule has 0 radical (unpaired) electrons. The van der Waals surface area contributed by atoms with Gasteiger partial charge in [0.1, 0.15) is 23.0 Å². The highest BCUT2D eigenvalue weighted by Crippen LogP contribution is 2.42. The van der Waals surface area contributed by atoms with E-state index in [0.717, 1.165) is 10.9 Å². The molecule has 2 aromatic carbocycles. The molecule has 0 saturated carbocycles. The zero-order valence-corrected chi connectivity index (χ0v) is 20.1. The van der Waals surface area contributed by atoms with E-state index < -0.39 is 0 Å². The largest absolute Gasteiger partial charge is 0.495 e. The lowest BCUT2D eigenvalue weighted by Crippen LogP contribution is -2.09. The van der Waals surface area contributed by atoms with Crippen molar-refractivity contribution in [1.29, 1.82) is 0 Å². The lowest BCUT2D eigenvalue weighted by Gasteiger charge is -2.14. The molecule has 9 heteroatoms. The predicted octanol–water partition coefficient (Wildman–Crippen LogP) is 6.35. The number of pyridine rings is 1. The number of nitrogens with one attached hydrogen (secondary N) is 3. The van der Waals surface area contributed by atoms with E-state index in [9.17, 15) is 4.79 Å². The first kappa shape index (κ1) is 23.5. The number of anilines is 3. The standard InChI is InChI=1S/C25H22Cl2N4O3/c1-4-22(32)30-18-8-6-5-7-17(18)29-21-10-9-15-14(13-28-25(15)31-21)11-16-23(26)19(33-2)12-20(34-3)24(16)27/h4-10,12-13H,1,11H2,2-3H3,(H,30,32)(H2,28,29,31). The Morgan fingerprint density at radius 3 is 2.41 bits per heavy atom. The van der Waals surface area contributed by atoms with Gasteiger partial charge in [0.05, 0.1) is 35.6 Å². The van der Waals surface area contributed by atoms with Crippen molar-refractivity contribution in [2.75, 3.05) is 24.9 Å². The van der Waals surface area contributed by atoms with Crippen molar-refractivity contribution >= 4 is 57.3 Å². The second-order valence-corrected chi connectivity index (χ2v) is 8.09. The molecule has 0 aliphatic heterocycles. The molecule has 0 fully saturated rings. The number of nitrogens with zero attached hydrogens (tertiary/aromatic N) is 1. The number of amides is 1. The van der Waals surface area contributed by atoms with Crippen LogP contribution in [0, 0.1) is 0 Å². The summed E-state index contributed by atoms with van der Waals surface area (Å²) in [6.07, 6.45) is 3.55. The molecule has 1 amide bonds. The minimum absolute atomic E-state index is 0.293. The van der Waals surface area contributed by atoms with Gasteiger partial charge in [-0.2, -0.15) is 0 Å². The number of carbonyl (C=O) groups is 1. The Bertz CT molecular complexity index is 1360. The van der Waals surface area contributed by atoms with Crippen LogP contribution in [-0.2, 0) is 11.2 Å². The second-order valence-electron chi connectivity index (χ2n) is 7.33. The van der Waals surface area contributed by atoms with Crippen LogP contribution in [0.3, 0.4) is 0 Å². The first-order chi connectivity index (χ1) is 16.4. The van der Waals surface area contributed by atoms with Gasteiger partial charge in [-0.15, -0.1) is 0 Å². The van der Waals surface area contributed by atoms with Crippen LogP contribution >= 0.6 is 23.2 Å². The molecule has 2 aromatic heterocycles. The quantitative estimate of drug-likeness (QED) is 0.247. The number of para-hydroxylation sites is 2. The summed E-state index contributed by atoms with van der Waals surface area (Å²) in [6, 6.07) is 12.8. The zero-order valence-electron chi connectivity index (χ0n) is 18.5. The topological polar surface area (TPSA) is 88.3 Å². The highest BCUT2D eigenvalue weighted by atomic mass is 35.5. The van der Waals surface area contributed by atoms with Crippen LogP contribution in [0.15, 0.2) is 61.3 Å². The Morgan fingerprint density at radius 1 is 1.09 bits per heavy atom. The van der Waals surface area contributed by atoms with Crippen LogP contribution < -0.4 is 20.1 Å². The van der Waals surface area contributed by atoms with Gasteiger partial charge in [0.25, 0.3) is 0 Å². The first-order valence-electron chi connectivity index (χ1n) is 10.3. The highest BCUT2D eigenvalue weighted by molar-refractivity contribution is 6.38. The molecule has 3 N–H and O–H groups in total. The SMILES string of the molecule is C=CC(=O)Nc1ccccc1Nc1ccc2c(Cc3c(Cl)c(OC)cc(OC)c3Cl)c[nH]c2n1. The number of aromatic nitrogens is 2. The van der Waals surface area contributed by atoms with E-state index in [2.05, 4.69) is 27.2 Å². The van der Waals surface area contributed by atoms with E-state index in [1.807, 2.05) is 36.5 Å². The van der Waals surface area contributed by atoms with Gasteiger partial charge in [0, 0.05) is 29.6 Å². The Hall–Kier alpha value is -3.68. The van der Waals surface area contributed by atoms with Crippen LogP contribution in [-0.4, -0.2) is 30.1 Å². The number of H-pyrrole nitrogens is 1. The maximum Gasteiger partial charge on any atom is 0.247 e. The van der Waals surface area contributed by atoms with E-state index >= 15 is 0 Å². The van der Waals surface area contributed by atoms with Crippen molar-refractivity contribution < 1.29 is 14.3 Å². The van der Waals surface area contributed by atoms with Crippen molar-refractivity contribution in [3.63, 3.8) is 0 Å². The lowest BCUT2D eigenvalue weighted by molar-refractivity contribution is -0.111. The first-order valence-corrected chi connectivity index (χ1v) is 11.1. The lowest BCUT2D eigenvalue weighted by atomic mass is 10.0. The summed E-state index contributed by atoms with van der Waals surface area (Å²) in [7, 11) is 3.09. The highest BCUT2D eigenvalue weighted by Gasteiger charge is 2.19. The smallest absolute Gasteiger partial charge is 0.247 e. The number of hydrogen-bond acceptors (Lipinski definition) is 5. The van der Waals surface area contributed by atoms with Crippen LogP contribution in [0.1, 0.15) is 11.1 Å². The molecule has 7 nitrogen and oxygen atoms in total. The zero-order chi connectivity index (χ0) is 24.2. The molecule has 4 aromatic rings. The Kier molecular flexibility index (Phi) is 6.95. The van der Waals surface area contributed by atoms with Crippen molar-refractivity contribution in [3.8, 4) is 11.5 Å². The van der Waals surface area contributed by atoms with Gasteiger partial charge in [0.2, 0.25) is 5.91 Å². The van der Waals surface area contributed by atoms with E-state index in [-0.39, 0.29) is 5.91 Å². The molecular formula is C25H22Cl2N4O3. The molecule has 4 rings (SSSR count). The molecule has 0 spiro atoms. The third kappa shape index (κ3) is 4.66. The maximum atomic E-state index is 11.7. The Balaban J connectivity index is 1.64. The number of hydrogen-bond donors (Lipinski definition) is 3. The number of fused-ring (bicyclic) bond motifs is 1. The normalized spacial score (nSPS) is 10.7. The number of ether oxygens (including phenoxy) is 2. The summed E-state index contributed by atoms with van der Waals surface area (Å²) in [5.74, 6) is 1.30. The molecule has 0 bridgehead atoms. The fourth-order valence-electron chi connectivity index (χ4n) is 3.58. The summed E-state index contributed by atoms with van der Waals surface area (Å²) in [4.78, 5) is 19.6. The average Bonchev–Trinajstić information content (AvgIpc) is 3.25. The fourth-order valence-corrected chi connectivity index (χ4v) is 4.22. The molecule has 0 saturated heterocycles. The second kappa shape index (κ2) is 10.1. The summed E-state index contributed by atoms with van der Waals surface area (Å²) in [5.41, 5.74) is 3.69. The number of benzene rings is 2. The van der Waals surface area contributed by atoms with Crippen LogP contribution in [0.4, 0.5) is 17.2 Å². The summed E-state index contributed by atoms with van der Waals surface area (Å²) < 4.78 is 10.7. The Labute approximate surface area is 206 Å². The number of halogens is 2. The third-order valence-corrected chi connectivity index (χ3v) is 6.12. The number of aromatic amines is 1.